The van der Waals surface area contributed by atoms with E-state index in [2.05, 4.69) is 35.7 Å². The number of benzene rings is 1. The van der Waals surface area contributed by atoms with Gasteiger partial charge in [0.05, 0.1) is 17.5 Å². The fourth-order valence-electron chi connectivity index (χ4n) is 3.30. The van der Waals surface area contributed by atoms with E-state index in [4.69, 9.17) is 9.26 Å². The quantitative estimate of drug-likeness (QED) is 0.373. The second kappa shape index (κ2) is 8.61. The Morgan fingerprint density at radius 1 is 1.00 bits per heavy atom. The molecule has 166 valence electrons. The van der Waals surface area contributed by atoms with E-state index in [0.717, 1.165) is 33.8 Å². The average molecular weight is 443 g/mol. The summed E-state index contributed by atoms with van der Waals surface area (Å²) in [5.74, 6) is 2.20. The number of aromatic nitrogens is 9. The summed E-state index contributed by atoms with van der Waals surface area (Å²) in [6, 6.07) is 11.7. The molecule has 0 amide bonds. The average Bonchev–Trinajstić information content (AvgIpc) is 3.55. The molecule has 0 fully saturated rings. The minimum Gasteiger partial charge on any atom is -0.471 e. The highest BCUT2D eigenvalue weighted by Gasteiger charge is 2.18. The van der Waals surface area contributed by atoms with Crippen LogP contribution in [0, 0.1) is 6.92 Å². The zero-order valence-corrected chi connectivity index (χ0v) is 18.4. The smallest absolute Gasteiger partial charge is 0.261 e. The summed E-state index contributed by atoms with van der Waals surface area (Å²) in [5, 5.41) is 20.0. The predicted molar refractivity (Wildman–Crippen MR) is 117 cm³/mol. The van der Waals surface area contributed by atoms with Crippen LogP contribution in [-0.2, 0) is 27.1 Å². The van der Waals surface area contributed by atoms with Crippen molar-refractivity contribution >= 4 is 0 Å². The van der Waals surface area contributed by atoms with Gasteiger partial charge in [-0.3, -0.25) is 4.68 Å². The Kier molecular flexibility index (Phi) is 5.35. The van der Waals surface area contributed by atoms with Crippen molar-refractivity contribution in [3.63, 3.8) is 0 Å². The molecule has 4 aromatic heterocycles. The lowest BCUT2D eigenvalue weighted by Gasteiger charge is -2.07. The summed E-state index contributed by atoms with van der Waals surface area (Å²) < 4.78 is 14.8. The molecule has 0 saturated carbocycles. The third kappa shape index (κ3) is 4.33. The topological polar surface area (TPSA) is 122 Å². The van der Waals surface area contributed by atoms with E-state index < -0.39 is 0 Å². The van der Waals surface area contributed by atoms with Crippen LogP contribution in [0.1, 0.15) is 22.6 Å². The maximum absolute atomic E-state index is 5.83. The Morgan fingerprint density at radius 2 is 1.85 bits per heavy atom. The molecule has 11 heteroatoms. The number of rotatable bonds is 7. The van der Waals surface area contributed by atoms with Crippen LogP contribution in [-0.4, -0.2) is 45.1 Å². The van der Waals surface area contributed by atoms with Gasteiger partial charge < -0.3 is 9.26 Å². The largest absolute Gasteiger partial charge is 0.471 e. The van der Waals surface area contributed by atoms with Crippen LogP contribution in [0.4, 0.5) is 0 Å². The van der Waals surface area contributed by atoms with Gasteiger partial charge in [-0.2, -0.15) is 10.1 Å². The highest BCUT2D eigenvalue weighted by molar-refractivity contribution is 5.61. The van der Waals surface area contributed by atoms with Gasteiger partial charge in [-0.1, -0.05) is 35.5 Å². The van der Waals surface area contributed by atoms with Gasteiger partial charge in [0.25, 0.3) is 5.89 Å². The van der Waals surface area contributed by atoms with E-state index in [1.807, 2.05) is 57.4 Å². The lowest BCUT2D eigenvalue weighted by Crippen LogP contribution is -2.05. The normalized spacial score (nSPS) is 11.1. The van der Waals surface area contributed by atoms with Crippen molar-refractivity contribution in [2.24, 2.45) is 14.1 Å². The molecule has 0 unspecified atom stereocenters. The minimum atomic E-state index is 0.269. The number of ether oxygens (including phenoxy) is 1. The summed E-state index contributed by atoms with van der Waals surface area (Å²) in [6.07, 6.45) is 4.09. The summed E-state index contributed by atoms with van der Waals surface area (Å²) in [5.41, 5.74) is 4.52. The Labute approximate surface area is 189 Å². The summed E-state index contributed by atoms with van der Waals surface area (Å²) in [4.78, 5) is 8.85. The van der Waals surface area contributed by atoms with Gasteiger partial charge in [0.2, 0.25) is 11.7 Å². The van der Waals surface area contributed by atoms with Crippen molar-refractivity contribution in [2.45, 2.75) is 20.0 Å². The van der Waals surface area contributed by atoms with Crippen LogP contribution in [0.5, 0.6) is 5.88 Å². The molecule has 1 aromatic carbocycles. The summed E-state index contributed by atoms with van der Waals surface area (Å²) in [6.45, 7) is 2.25. The molecule has 0 atom stereocenters. The summed E-state index contributed by atoms with van der Waals surface area (Å²) >= 11 is 0. The van der Waals surface area contributed by atoms with Crippen molar-refractivity contribution in [1.29, 1.82) is 0 Å². The number of hydrogen-bond acceptors (Lipinski definition) is 9. The third-order valence-electron chi connectivity index (χ3n) is 5.24. The van der Waals surface area contributed by atoms with Crippen molar-refractivity contribution in [1.82, 2.24) is 45.1 Å². The van der Waals surface area contributed by atoms with Crippen LogP contribution in [0.3, 0.4) is 0 Å². The molecule has 0 radical (unpaired) electrons. The maximum Gasteiger partial charge on any atom is 0.261 e. The Balaban J connectivity index is 1.32. The molecular weight excluding hydrogens is 422 g/mol. The maximum atomic E-state index is 5.83. The molecule has 0 spiro atoms. The minimum absolute atomic E-state index is 0.269. The fourth-order valence-corrected chi connectivity index (χ4v) is 3.30. The Morgan fingerprint density at radius 3 is 2.58 bits per heavy atom. The van der Waals surface area contributed by atoms with E-state index in [1.165, 1.54) is 0 Å². The highest BCUT2D eigenvalue weighted by atomic mass is 16.5. The number of hydrogen-bond donors (Lipinski definition) is 0. The first kappa shape index (κ1) is 20.5. The SMILES string of the molecule is Cc1ccc(OCc2c(-c3nc(-c4ccc(Cc5nnnn5C)cc4)no3)cnn2C)nc1. The Bertz CT molecular complexity index is 1370. The molecular formula is C22H21N9O2. The molecule has 0 aliphatic heterocycles. The third-order valence-corrected chi connectivity index (χ3v) is 5.24. The van der Waals surface area contributed by atoms with Crippen LogP contribution < -0.4 is 4.74 Å². The number of nitrogens with zero attached hydrogens (tertiary/aromatic N) is 9. The van der Waals surface area contributed by atoms with E-state index in [1.54, 1.807) is 21.8 Å². The van der Waals surface area contributed by atoms with E-state index in [-0.39, 0.29) is 6.61 Å². The van der Waals surface area contributed by atoms with E-state index >= 15 is 0 Å². The lowest BCUT2D eigenvalue weighted by molar-refractivity contribution is 0.283. The molecule has 4 heterocycles. The van der Waals surface area contributed by atoms with Gasteiger partial charge in [-0.25, -0.2) is 9.67 Å². The number of pyridine rings is 1. The van der Waals surface area contributed by atoms with Crippen molar-refractivity contribution in [2.75, 3.05) is 0 Å². The lowest BCUT2D eigenvalue weighted by atomic mass is 10.1. The van der Waals surface area contributed by atoms with Gasteiger partial charge >= 0.3 is 0 Å². The van der Waals surface area contributed by atoms with Crippen molar-refractivity contribution in [3.8, 4) is 28.7 Å². The van der Waals surface area contributed by atoms with Crippen LogP contribution in [0.25, 0.3) is 22.8 Å². The van der Waals surface area contributed by atoms with Gasteiger partial charge in [-0.05, 0) is 28.5 Å². The zero-order valence-electron chi connectivity index (χ0n) is 18.4. The first-order chi connectivity index (χ1) is 16.1. The molecule has 0 bridgehead atoms. The summed E-state index contributed by atoms with van der Waals surface area (Å²) in [7, 11) is 3.66. The Hall–Kier alpha value is -4.41. The molecule has 5 rings (SSSR count). The van der Waals surface area contributed by atoms with Gasteiger partial charge in [0, 0.05) is 38.3 Å². The monoisotopic (exact) mass is 443 g/mol. The number of tetrazole rings is 1. The zero-order chi connectivity index (χ0) is 22.8. The standard InChI is InChI=1S/C22H21N9O2/c1-14-4-9-20(23-11-14)32-13-18-17(12-24-30(18)2)22-25-21(27-33-22)16-7-5-15(6-8-16)10-19-26-28-29-31(19)3/h4-9,11-12H,10,13H2,1-3H3. The predicted octanol–water partition coefficient (Wildman–Crippen LogP) is 2.53. The molecule has 33 heavy (non-hydrogen) atoms. The number of aryl methyl sites for hydroxylation is 3. The first-order valence-corrected chi connectivity index (χ1v) is 10.3. The van der Waals surface area contributed by atoms with Crippen molar-refractivity contribution in [3.05, 3.63) is 71.4 Å². The molecule has 0 saturated heterocycles. The van der Waals surface area contributed by atoms with Crippen LogP contribution in [0.2, 0.25) is 0 Å². The van der Waals surface area contributed by atoms with E-state index in [9.17, 15) is 0 Å². The van der Waals surface area contributed by atoms with Gasteiger partial charge in [-0.15, -0.1) is 5.10 Å². The van der Waals surface area contributed by atoms with E-state index in [0.29, 0.717) is 24.0 Å². The van der Waals surface area contributed by atoms with Gasteiger partial charge in [0.1, 0.15) is 6.61 Å². The first-order valence-electron chi connectivity index (χ1n) is 10.3. The fraction of sp³-hybridized carbons (Fsp3) is 0.227. The molecule has 0 aliphatic carbocycles. The second-order valence-electron chi connectivity index (χ2n) is 7.61. The molecule has 0 aliphatic rings. The highest BCUT2D eigenvalue weighted by Crippen LogP contribution is 2.26. The second-order valence-corrected chi connectivity index (χ2v) is 7.61. The van der Waals surface area contributed by atoms with Gasteiger partial charge in [0.15, 0.2) is 5.82 Å². The van der Waals surface area contributed by atoms with Crippen molar-refractivity contribution < 1.29 is 9.26 Å². The molecule has 5 aromatic rings. The van der Waals surface area contributed by atoms with Crippen LogP contribution in [0.15, 0.2) is 53.3 Å². The van der Waals surface area contributed by atoms with Crippen LogP contribution >= 0.6 is 0 Å². The molecule has 0 N–H and O–H groups in total. The molecule has 11 nitrogen and oxygen atoms in total.